The van der Waals surface area contributed by atoms with Crippen LogP contribution in [-0.4, -0.2) is 32.5 Å². The van der Waals surface area contributed by atoms with Crippen molar-refractivity contribution < 1.29 is 4.74 Å². The summed E-state index contributed by atoms with van der Waals surface area (Å²) in [7, 11) is 1.90. The smallest absolute Gasteiger partial charge is 0.225 e. The van der Waals surface area contributed by atoms with Crippen molar-refractivity contribution >= 4 is 17.6 Å². The second-order valence-corrected chi connectivity index (χ2v) is 5.50. The number of thioether (sulfide) groups is 1. The summed E-state index contributed by atoms with van der Waals surface area (Å²) in [4.78, 5) is 8.82. The molecule has 2 rings (SSSR count). The lowest BCUT2D eigenvalue weighted by molar-refractivity contribution is 0.448. The highest BCUT2D eigenvalue weighted by atomic mass is 32.2. The van der Waals surface area contributed by atoms with Crippen molar-refractivity contribution in [1.82, 2.24) is 19.7 Å². The zero-order valence-corrected chi connectivity index (χ0v) is 13.9. The normalized spacial score (nSPS) is 10.7. The number of nitrogens with one attached hydrogen (secondary N) is 1. The van der Waals surface area contributed by atoms with Gasteiger partial charge in [0.05, 0.1) is 5.69 Å². The van der Waals surface area contributed by atoms with Gasteiger partial charge in [-0.05, 0) is 26.5 Å². The van der Waals surface area contributed by atoms with Gasteiger partial charge >= 0.3 is 0 Å². The first-order valence-corrected chi connectivity index (χ1v) is 8.12. The van der Waals surface area contributed by atoms with Gasteiger partial charge in [0.15, 0.2) is 10.9 Å². The molecule has 2 aromatic rings. The van der Waals surface area contributed by atoms with E-state index in [1.54, 1.807) is 4.68 Å². The molecule has 21 heavy (non-hydrogen) atoms. The molecule has 0 unspecified atom stereocenters. The standard InChI is InChI=1S/C14H21N5OS/c1-6-7-15-11-8-12(17-14(16-11)21-5)20-13-9(2)18-19(4)10(13)3/h8H,6-7H2,1-5H3,(H,15,16,17). The van der Waals surface area contributed by atoms with Crippen LogP contribution in [0.3, 0.4) is 0 Å². The summed E-state index contributed by atoms with van der Waals surface area (Å²) in [5, 5.41) is 8.30. The molecular weight excluding hydrogens is 286 g/mol. The predicted octanol–water partition coefficient (Wildman–Crippen LogP) is 3.16. The highest BCUT2D eigenvalue weighted by Crippen LogP contribution is 2.28. The van der Waals surface area contributed by atoms with Gasteiger partial charge < -0.3 is 10.1 Å². The highest BCUT2D eigenvalue weighted by Gasteiger charge is 2.14. The van der Waals surface area contributed by atoms with Gasteiger partial charge in [-0.3, -0.25) is 4.68 Å². The second-order valence-electron chi connectivity index (χ2n) is 4.73. The summed E-state index contributed by atoms with van der Waals surface area (Å²) in [6.45, 7) is 6.89. The van der Waals surface area contributed by atoms with Gasteiger partial charge in [0.1, 0.15) is 11.5 Å². The molecule has 2 aromatic heterocycles. The Labute approximate surface area is 129 Å². The van der Waals surface area contributed by atoms with E-state index < -0.39 is 0 Å². The van der Waals surface area contributed by atoms with E-state index in [2.05, 4.69) is 27.3 Å². The van der Waals surface area contributed by atoms with Crippen LogP contribution >= 0.6 is 11.8 Å². The maximum atomic E-state index is 5.94. The van der Waals surface area contributed by atoms with E-state index in [0.29, 0.717) is 11.0 Å². The van der Waals surface area contributed by atoms with E-state index >= 15 is 0 Å². The lowest BCUT2D eigenvalue weighted by atomic mass is 10.3. The van der Waals surface area contributed by atoms with Crippen molar-refractivity contribution in [2.45, 2.75) is 32.3 Å². The Hall–Kier alpha value is -1.76. The van der Waals surface area contributed by atoms with Crippen LogP contribution in [0.15, 0.2) is 11.2 Å². The van der Waals surface area contributed by atoms with Crippen LogP contribution < -0.4 is 10.1 Å². The summed E-state index contributed by atoms with van der Waals surface area (Å²) in [6, 6.07) is 1.82. The fourth-order valence-corrected chi connectivity index (χ4v) is 2.27. The molecule has 1 N–H and O–H groups in total. The second kappa shape index (κ2) is 6.80. The average molecular weight is 307 g/mol. The molecule has 0 atom stereocenters. The molecule has 0 aliphatic rings. The topological polar surface area (TPSA) is 64.9 Å². The summed E-state index contributed by atoms with van der Waals surface area (Å²) in [5.74, 6) is 2.07. The minimum absolute atomic E-state index is 0.534. The number of ether oxygens (including phenoxy) is 1. The molecule has 0 saturated carbocycles. The zero-order valence-electron chi connectivity index (χ0n) is 13.1. The SMILES string of the molecule is CCCNc1cc(Oc2c(C)nn(C)c2C)nc(SC)n1. The molecule has 0 aliphatic carbocycles. The first-order chi connectivity index (χ1) is 10.0. The molecule has 0 amide bonds. The molecule has 114 valence electrons. The van der Waals surface area contributed by atoms with Crippen molar-refractivity contribution in [3.8, 4) is 11.6 Å². The van der Waals surface area contributed by atoms with Gasteiger partial charge in [0, 0.05) is 19.7 Å². The maximum Gasteiger partial charge on any atom is 0.225 e. The Morgan fingerprint density at radius 1 is 1.33 bits per heavy atom. The summed E-state index contributed by atoms with van der Waals surface area (Å²) < 4.78 is 7.74. The van der Waals surface area contributed by atoms with Crippen LogP contribution in [0.2, 0.25) is 0 Å². The molecule has 0 radical (unpaired) electrons. The van der Waals surface area contributed by atoms with E-state index in [1.807, 2.05) is 33.2 Å². The number of aryl methyl sites for hydroxylation is 2. The quantitative estimate of drug-likeness (QED) is 0.653. The zero-order chi connectivity index (χ0) is 15.4. The molecule has 2 heterocycles. The Kier molecular flexibility index (Phi) is 5.06. The summed E-state index contributed by atoms with van der Waals surface area (Å²) in [5.41, 5.74) is 1.82. The lowest BCUT2D eigenvalue weighted by Crippen LogP contribution is -2.04. The molecule has 6 nitrogen and oxygen atoms in total. The minimum Gasteiger partial charge on any atom is -0.435 e. The molecule has 0 bridgehead atoms. The number of anilines is 1. The van der Waals surface area contributed by atoms with E-state index in [-0.39, 0.29) is 0 Å². The number of hydrogen-bond donors (Lipinski definition) is 1. The number of hydrogen-bond acceptors (Lipinski definition) is 6. The van der Waals surface area contributed by atoms with Gasteiger partial charge in [0.25, 0.3) is 0 Å². The van der Waals surface area contributed by atoms with Crippen molar-refractivity contribution in [2.75, 3.05) is 18.1 Å². The first kappa shape index (κ1) is 15.6. The average Bonchev–Trinajstić information content (AvgIpc) is 2.71. The van der Waals surface area contributed by atoms with Gasteiger partial charge in [-0.1, -0.05) is 18.7 Å². The van der Waals surface area contributed by atoms with Gasteiger partial charge in [-0.2, -0.15) is 10.1 Å². The third-order valence-electron chi connectivity index (χ3n) is 3.07. The first-order valence-electron chi connectivity index (χ1n) is 6.90. The van der Waals surface area contributed by atoms with Gasteiger partial charge in [0.2, 0.25) is 5.88 Å². The largest absolute Gasteiger partial charge is 0.435 e. The van der Waals surface area contributed by atoms with Crippen LogP contribution in [0.1, 0.15) is 24.7 Å². The Morgan fingerprint density at radius 3 is 2.67 bits per heavy atom. The molecule has 0 saturated heterocycles. The van der Waals surface area contributed by atoms with E-state index in [0.717, 1.165) is 35.9 Å². The van der Waals surface area contributed by atoms with Crippen LogP contribution in [0.5, 0.6) is 11.6 Å². The van der Waals surface area contributed by atoms with Gasteiger partial charge in [-0.25, -0.2) is 4.98 Å². The van der Waals surface area contributed by atoms with Crippen molar-refractivity contribution in [1.29, 1.82) is 0 Å². The summed E-state index contributed by atoms with van der Waals surface area (Å²) >= 11 is 1.49. The monoisotopic (exact) mass is 307 g/mol. The van der Waals surface area contributed by atoms with Crippen LogP contribution in [0.25, 0.3) is 0 Å². The third-order valence-corrected chi connectivity index (χ3v) is 3.62. The fourth-order valence-electron chi connectivity index (χ4n) is 1.90. The van der Waals surface area contributed by atoms with Crippen LogP contribution in [-0.2, 0) is 7.05 Å². The van der Waals surface area contributed by atoms with Crippen LogP contribution in [0.4, 0.5) is 5.82 Å². The van der Waals surface area contributed by atoms with E-state index in [1.165, 1.54) is 11.8 Å². The Bertz CT molecular complexity index is 626. The minimum atomic E-state index is 0.534. The van der Waals surface area contributed by atoms with Gasteiger partial charge in [-0.15, -0.1) is 0 Å². The number of aromatic nitrogens is 4. The maximum absolute atomic E-state index is 5.94. The third kappa shape index (κ3) is 3.66. The summed E-state index contributed by atoms with van der Waals surface area (Å²) in [6.07, 6.45) is 2.99. The number of nitrogens with zero attached hydrogens (tertiary/aromatic N) is 4. The number of rotatable bonds is 6. The Morgan fingerprint density at radius 2 is 2.10 bits per heavy atom. The highest BCUT2D eigenvalue weighted by molar-refractivity contribution is 7.98. The fraction of sp³-hybridized carbons (Fsp3) is 0.500. The van der Waals surface area contributed by atoms with Crippen molar-refractivity contribution in [3.63, 3.8) is 0 Å². The predicted molar refractivity (Wildman–Crippen MR) is 85.3 cm³/mol. The molecule has 7 heteroatoms. The van der Waals surface area contributed by atoms with E-state index in [4.69, 9.17) is 4.74 Å². The molecule has 0 aromatic carbocycles. The Balaban J connectivity index is 2.30. The molecule has 0 aliphatic heterocycles. The van der Waals surface area contributed by atoms with Crippen LogP contribution in [0, 0.1) is 13.8 Å². The molecule has 0 fully saturated rings. The van der Waals surface area contributed by atoms with E-state index in [9.17, 15) is 0 Å². The lowest BCUT2D eigenvalue weighted by Gasteiger charge is -2.09. The molecule has 0 spiro atoms. The van der Waals surface area contributed by atoms with Crippen molar-refractivity contribution in [3.05, 3.63) is 17.5 Å². The molecular formula is C14H21N5OS. The van der Waals surface area contributed by atoms with Crippen molar-refractivity contribution in [2.24, 2.45) is 7.05 Å².